The van der Waals surface area contributed by atoms with Gasteiger partial charge in [0.1, 0.15) is 5.75 Å². The molecule has 1 fully saturated rings. The molecule has 5 nitrogen and oxygen atoms in total. The van der Waals surface area contributed by atoms with Crippen LogP contribution in [0.3, 0.4) is 0 Å². The van der Waals surface area contributed by atoms with Crippen LogP contribution in [0, 0.1) is 0 Å². The van der Waals surface area contributed by atoms with Crippen molar-refractivity contribution in [1.29, 1.82) is 0 Å². The largest absolute Gasteiger partial charge is 0.507 e. The van der Waals surface area contributed by atoms with E-state index in [1.165, 1.54) is 19.3 Å². The number of hydrogen-bond acceptors (Lipinski definition) is 4. The molecule has 150 valence electrons. The second kappa shape index (κ2) is 9.37. The fourth-order valence-electron chi connectivity index (χ4n) is 3.61. The van der Waals surface area contributed by atoms with E-state index in [0.29, 0.717) is 17.2 Å². The normalized spacial score (nSPS) is 15.2. The zero-order valence-corrected chi connectivity index (χ0v) is 17.9. The molecule has 1 aliphatic heterocycles. The van der Waals surface area contributed by atoms with Crippen molar-refractivity contribution in [2.75, 3.05) is 19.6 Å². The minimum Gasteiger partial charge on any atom is -0.507 e. The topological polar surface area (TPSA) is 54.2 Å². The van der Waals surface area contributed by atoms with E-state index in [1.54, 1.807) is 6.07 Å². The molecule has 6 heteroatoms. The van der Waals surface area contributed by atoms with E-state index < -0.39 is 0 Å². The van der Waals surface area contributed by atoms with Gasteiger partial charge in [0.15, 0.2) is 11.6 Å². The van der Waals surface area contributed by atoms with E-state index in [4.69, 9.17) is 10.1 Å². The van der Waals surface area contributed by atoms with Gasteiger partial charge in [0.2, 0.25) is 0 Å². The van der Waals surface area contributed by atoms with Gasteiger partial charge in [0.05, 0.1) is 12.1 Å². The molecule has 1 aliphatic rings. The molecule has 0 unspecified atom stereocenters. The number of likely N-dealkylation sites (tertiary alicyclic amines) is 1. The highest BCUT2D eigenvalue weighted by atomic mass is 79.9. The Morgan fingerprint density at radius 2 is 1.69 bits per heavy atom. The second-order valence-corrected chi connectivity index (χ2v) is 8.24. The molecule has 1 saturated heterocycles. The van der Waals surface area contributed by atoms with Gasteiger partial charge in [-0.2, -0.15) is 5.10 Å². The molecule has 0 atom stereocenters. The first-order valence-corrected chi connectivity index (χ1v) is 10.9. The molecule has 4 rings (SSSR count). The van der Waals surface area contributed by atoms with E-state index in [2.05, 4.69) is 20.8 Å². The van der Waals surface area contributed by atoms with Crippen LogP contribution in [-0.2, 0) is 6.54 Å². The maximum absolute atomic E-state index is 10.3. The number of para-hydroxylation sites is 1. The summed E-state index contributed by atoms with van der Waals surface area (Å²) in [4.78, 5) is 7.20. The summed E-state index contributed by atoms with van der Waals surface area (Å²) in [6.07, 6.45) is 7.79. The van der Waals surface area contributed by atoms with Gasteiger partial charge in [0.25, 0.3) is 0 Å². The second-order valence-electron chi connectivity index (χ2n) is 7.32. The van der Waals surface area contributed by atoms with E-state index in [-0.39, 0.29) is 5.75 Å². The van der Waals surface area contributed by atoms with Crippen molar-refractivity contribution in [2.45, 2.75) is 25.8 Å². The van der Waals surface area contributed by atoms with Gasteiger partial charge < -0.3 is 10.0 Å². The molecule has 0 spiro atoms. The van der Waals surface area contributed by atoms with Gasteiger partial charge >= 0.3 is 0 Å². The van der Waals surface area contributed by atoms with Crippen LogP contribution in [0.1, 0.15) is 30.7 Å². The molecule has 0 saturated carbocycles. The third-order valence-corrected chi connectivity index (χ3v) is 5.73. The van der Waals surface area contributed by atoms with Gasteiger partial charge in [-0.15, -0.1) is 0 Å². The maximum atomic E-state index is 10.3. The molecule has 1 aromatic heterocycles. The van der Waals surface area contributed by atoms with Crippen LogP contribution < -0.4 is 0 Å². The first kappa shape index (κ1) is 19.9. The first-order valence-electron chi connectivity index (χ1n) is 10.1. The van der Waals surface area contributed by atoms with Gasteiger partial charge in [-0.25, -0.2) is 9.67 Å². The van der Waals surface area contributed by atoms with E-state index in [0.717, 1.165) is 36.2 Å². The van der Waals surface area contributed by atoms with Crippen LogP contribution in [0.5, 0.6) is 5.75 Å². The number of halogens is 1. The minimum atomic E-state index is 0.225. The highest BCUT2D eigenvalue weighted by molar-refractivity contribution is 9.10. The Morgan fingerprint density at radius 3 is 2.45 bits per heavy atom. The fraction of sp³-hybridized carbons (Fsp3) is 0.304. The number of phenols is 1. The number of hydrogen-bond donors (Lipinski definition) is 1. The van der Waals surface area contributed by atoms with Crippen LogP contribution >= 0.6 is 15.9 Å². The van der Waals surface area contributed by atoms with Gasteiger partial charge in [-0.3, -0.25) is 0 Å². The van der Waals surface area contributed by atoms with E-state index in [9.17, 15) is 5.11 Å². The lowest BCUT2D eigenvalue weighted by molar-refractivity contribution is 0.218. The van der Waals surface area contributed by atoms with Crippen molar-refractivity contribution in [2.24, 2.45) is 0 Å². The van der Waals surface area contributed by atoms with Crippen LogP contribution in [0.25, 0.3) is 23.5 Å². The Hall–Kier alpha value is -2.44. The Labute approximate surface area is 179 Å². The van der Waals surface area contributed by atoms with Gasteiger partial charge in [-0.05, 0) is 61.8 Å². The quantitative estimate of drug-likeness (QED) is 0.566. The summed E-state index contributed by atoms with van der Waals surface area (Å²) < 4.78 is 2.97. The third-order valence-electron chi connectivity index (χ3n) is 5.20. The molecular weight excluding hydrogens is 428 g/mol. The van der Waals surface area contributed by atoms with Crippen molar-refractivity contribution in [3.05, 3.63) is 64.4 Å². The van der Waals surface area contributed by atoms with Crippen LogP contribution in [0.15, 0.2) is 53.0 Å². The molecule has 2 heterocycles. The smallest absolute Gasteiger partial charge is 0.174 e. The van der Waals surface area contributed by atoms with Crippen molar-refractivity contribution in [3.8, 4) is 17.1 Å². The summed E-state index contributed by atoms with van der Waals surface area (Å²) >= 11 is 3.46. The zero-order valence-electron chi connectivity index (χ0n) is 16.3. The average Bonchev–Trinajstić information content (AvgIpc) is 3.16. The molecule has 29 heavy (non-hydrogen) atoms. The summed E-state index contributed by atoms with van der Waals surface area (Å²) in [7, 11) is 0. The fourth-order valence-corrected chi connectivity index (χ4v) is 3.88. The van der Waals surface area contributed by atoms with Crippen molar-refractivity contribution < 1.29 is 5.11 Å². The van der Waals surface area contributed by atoms with Gasteiger partial charge in [0, 0.05) is 11.0 Å². The number of phenolic OH excluding ortho intramolecular Hbond substituents is 1. The first-order chi connectivity index (χ1) is 14.2. The number of nitrogens with zero attached hydrogens (tertiary/aromatic N) is 4. The number of rotatable bonds is 6. The van der Waals surface area contributed by atoms with Gasteiger partial charge in [-0.1, -0.05) is 52.7 Å². The predicted molar refractivity (Wildman–Crippen MR) is 120 cm³/mol. The van der Waals surface area contributed by atoms with E-state index in [1.807, 2.05) is 59.3 Å². The molecule has 0 aliphatic carbocycles. The van der Waals surface area contributed by atoms with E-state index >= 15 is 0 Å². The number of benzene rings is 2. The minimum absolute atomic E-state index is 0.225. The molecule has 3 aromatic rings. The highest BCUT2D eigenvalue weighted by Gasteiger charge is 2.16. The maximum Gasteiger partial charge on any atom is 0.174 e. The summed E-state index contributed by atoms with van der Waals surface area (Å²) in [5.41, 5.74) is 1.80. The molecular formula is C23H25BrN4O. The predicted octanol–water partition coefficient (Wildman–Crippen LogP) is 5.07. The van der Waals surface area contributed by atoms with Crippen molar-refractivity contribution in [1.82, 2.24) is 19.7 Å². The SMILES string of the molecule is Oc1ccccc1-c1nc(/C=C/c2ccc(Br)cc2)nn1CCN1CCCCC1. The Kier molecular flexibility index (Phi) is 6.42. The number of aromatic hydroxyl groups is 1. The summed E-state index contributed by atoms with van der Waals surface area (Å²) in [5.74, 6) is 1.57. The Morgan fingerprint density at radius 1 is 0.931 bits per heavy atom. The van der Waals surface area contributed by atoms with Crippen LogP contribution in [0.2, 0.25) is 0 Å². The standard InChI is InChI=1S/C23H25BrN4O/c24-19-11-8-18(9-12-19)10-13-22-25-23(20-6-2-3-7-21(20)29)28(26-22)17-16-27-14-4-1-5-15-27/h2-3,6-13,29H,1,4-5,14-17H2/b13-10+. The zero-order chi connectivity index (χ0) is 20.1. The number of aromatic nitrogens is 3. The number of piperidine rings is 1. The lowest BCUT2D eigenvalue weighted by atomic mass is 10.1. The Balaban J connectivity index is 1.59. The summed E-state index contributed by atoms with van der Waals surface area (Å²) in [6, 6.07) is 15.4. The lowest BCUT2D eigenvalue weighted by Crippen LogP contribution is -2.32. The Bertz CT molecular complexity index is 975. The molecule has 0 bridgehead atoms. The average molecular weight is 453 g/mol. The van der Waals surface area contributed by atoms with Crippen molar-refractivity contribution in [3.63, 3.8) is 0 Å². The van der Waals surface area contributed by atoms with Crippen molar-refractivity contribution >= 4 is 28.1 Å². The summed E-state index contributed by atoms with van der Waals surface area (Å²) in [6.45, 7) is 4.00. The molecule has 0 amide bonds. The highest BCUT2D eigenvalue weighted by Crippen LogP contribution is 2.27. The van der Waals surface area contributed by atoms with Crippen LogP contribution in [0.4, 0.5) is 0 Å². The summed E-state index contributed by atoms with van der Waals surface area (Å²) in [5, 5.41) is 15.1. The molecule has 0 radical (unpaired) electrons. The van der Waals surface area contributed by atoms with Crippen LogP contribution in [-0.4, -0.2) is 44.4 Å². The molecule has 1 N–H and O–H groups in total. The lowest BCUT2D eigenvalue weighted by Gasteiger charge is -2.26. The molecule has 2 aromatic carbocycles. The monoisotopic (exact) mass is 452 g/mol. The third kappa shape index (κ3) is 5.14.